The molecule has 0 aliphatic heterocycles. The number of halogens is 1. The molecule has 0 saturated carbocycles. The molecule has 1 aromatic rings. The van der Waals surface area contributed by atoms with E-state index >= 15 is 0 Å². The van der Waals surface area contributed by atoms with Crippen LogP contribution in [-0.2, 0) is 6.54 Å². The Kier molecular flexibility index (Phi) is 3.61. The number of nitrogens with one attached hydrogen (secondary N) is 1. The van der Waals surface area contributed by atoms with E-state index < -0.39 is 0 Å². The van der Waals surface area contributed by atoms with Gasteiger partial charge in [-0.2, -0.15) is 0 Å². The third-order valence-corrected chi connectivity index (χ3v) is 2.17. The van der Waals surface area contributed by atoms with Crippen molar-refractivity contribution in [3.8, 4) is 0 Å². The van der Waals surface area contributed by atoms with Crippen molar-refractivity contribution < 1.29 is 4.39 Å². The largest absolute Gasteiger partial charge is 0.329 e. The Morgan fingerprint density at radius 3 is 2.71 bits per heavy atom. The topological polar surface area (TPSA) is 38.0 Å². The first-order valence-electron chi connectivity index (χ1n) is 4.73. The molecule has 0 heterocycles. The Labute approximate surface area is 84.3 Å². The first-order valence-corrected chi connectivity index (χ1v) is 4.73. The molecule has 0 bridgehead atoms. The van der Waals surface area contributed by atoms with E-state index in [1.807, 2.05) is 19.9 Å². The molecule has 0 spiro atoms. The van der Waals surface area contributed by atoms with E-state index in [0.29, 0.717) is 13.1 Å². The minimum atomic E-state index is -0.199. The van der Waals surface area contributed by atoms with Crippen molar-refractivity contribution in [3.05, 3.63) is 35.6 Å². The SMILES string of the molecule is CC(C)(CN)NCc1cccc(F)c1. The van der Waals surface area contributed by atoms with Crippen LogP contribution in [0, 0.1) is 5.82 Å². The predicted molar refractivity (Wildman–Crippen MR) is 56.4 cm³/mol. The average molecular weight is 196 g/mol. The average Bonchev–Trinajstić information content (AvgIpc) is 2.15. The normalized spacial score (nSPS) is 11.7. The summed E-state index contributed by atoms with van der Waals surface area (Å²) in [7, 11) is 0. The lowest BCUT2D eigenvalue weighted by Gasteiger charge is -2.24. The maximum Gasteiger partial charge on any atom is 0.123 e. The summed E-state index contributed by atoms with van der Waals surface area (Å²) in [5, 5.41) is 3.26. The molecule has 3 N–H and O–H groups in total. The van der Waals surface area contributed by atoms with Crippen molar-refractivity contribution in [2.45, 2.75) is 25.9 Å². The molecular formula is C11H17FN2. The molecule has 0 saturated heterocycles. The minimum Gasteiger partial charge on any atom is -0.329 e. The number of hydrogen-bond donors (Lipinski definition) is 2. The van der Waals surface area contributed by atoms with Crippen molar-refractivity contribution in [3.63, 3.8) is 0 Å². The Bertz CT molecular complexity index is 297. The maximum atomic E-state index is 12.8. The van der Waals surface area contributed by atoms with E-state index in [9.17, 15) is 4.39 Å². The summed E-state index contributed by atoms with van der Waals surface area (Å²) in [6.45, 7) is 5.24. The first kappa shape index (κ1) is 11.1. The van der Waals surface area contributed by atoms with Gasteiger partial charge in [-0.3, -0.25) is 0 Å². The van der Waals surface area contributed by atoms with Gasteiger partial charge < -0.3 is 11.1 Å². The third kappa shape index (κ3) is 3.44. The maximum absolute atomic E-state index is 12.8. The lowest BCUT2D eigenvalue weighted by atomic mass is 10.1. The monoisotopic (exact) mass is 196 g/mol. The molecule has 1 rings (SSSR count). The molecule has 2 nitrogen and oxygen atoms in total. The van der Waals surface area contributed by atoms with E-state index in [2.05, 4.69) is 5.32 Å². The van der Waals surface area contributed by atoms with Crippen LogP contribution in [0.5, 0.6) is 0 Å². The zero-order valence-electron chi connectivity index (χ0n) is 8.68. The van der Waals surface area contributed by atoms with Gasteiger partial charge in [-0.1, -0.05) is 12.1 Å². The number of nitrogens with two attached hydrogens (primary N) is 1. The quantitative estimate of drug-likeness (QED) is 0.768. The molecular weight excluding hydrogens is 179 g/mol. The van der Waals surface area contributed by atoms with Gasteiger partial charge in [0, 0.05) is 18.6 Å². The molecule has 3 heteroatoms. The fourth-order valence-electron chi connectivity index (χ4n) is 1.06. The van der Waals surface area contributed by atoms with Gasteiger partial charge in [0.1, 0.15) is 5.82 Å². The Hall–Kier alpha value is -0.930. The molecule has 0 atom stereocenters. The number of hydrogen-bond acceptors (Lipinski definition) is 2. The standard InChI is InChI=1S/C11H17FN2/c1-11(2,8-13)14-7-9-4-3-5-10(12)6-9/h3-6,14H,7-8,13H2,1-2H3. The van der Waals surface area contributed by atoms with Gasteiger partial charge in [0.05, 0.1) is 0 Å². The van der Waals surface area contributed by atoms with Crippen LogP contribution < -0.4 is 11.1 Å². The van der Waals surface area contributed by atoms with Gasteiger partial charge in [-0.25, -0.2) is 4.39 Å². The van der Waals surface area contributed by atoms with Crippen molar-refractivity contribution in [1.82, 2.24) is 5.32 Å². The molecule has 0 aliphatic carbocycles. The zero-order valence-corrected chi connectivity index (χ0v) is 8.68. The molecule has 78 valence electrons. The van der Waals surface area contributed by atoms with Crippen LogP contribution in [0.25, 0.3) is 0 Å². The van der Waals surface area contributed by atoms with E-state index in [4.69, 9.17) is 5.73 Å². The lowest BCUT2D eigenvalue weighted by molar-refractivity contribution is 0.396. The van der Waals surface area contributed by atoms with Gasteiger partial charge in [0.2, 0.25) is 0 Å². The molecule has 0 amide bonds. The summed E-state index contributed by atoms with van der Waals surface area (Å²) in [6.07, 6.45) is 0. The molecule has 0 unspecified atom stereocenters. The summed E-state index contributed by atoms with van der Waals surface area (Å²) in [4.78, 5) is 0. The van der Waals surface area contributed by atoms with Crippen molar-refractivity contribution in [2.75, 3.05) is 6.54 Å². The third-order valence-electron chi connectivity index (χ3n) is 2.17. The van der Waals surface area contributed by atoms with Gasteiger partial charge in [-0.05, 0) is 31.5 Å². The highest BCUT2D eigenvalue weighted by Gasteiger charge is 2.13. The van der Waals surface area contributed by atoms with E-state index in [-0.39, 0.29) is 11.4 Å². The Balaban J connectivity index is 2.54. The second-order valence-corrected chi connectivity index (χ2v) is 4.07. The van der Waals surface area contributed by atoms with Crippen LogP contribution in [0.3, 0.4) is 0 Å². The van der Waals surface area contributed by atoms with Crippen LogP contribution in [0.1, 0.15) is 19.4 Å². The zero-order chi connectivity index (χ0) is 10.6. The fraction of sp³-hybridized carbons (Fsp3) is 0.455. The van der Waals surface area contributed by atoms with E-state index in [1.165, 1.54) is 12.1 Å². The Morgan fingerprint density at radius 2 is 2.14 bits per heavy atom. The molecule has 0 aromatic heterocycles. The molecule has 0 radical (unpaired) electrons. The molecule has 14 heavy (non-hydrogen) atoms. The fourth-order valence-corrected chi connectivity index (χ4v) is 1.06. The first-order chi connectivity index (χ1) is 6.53. The van der Waals surface area contributed by atoms with Gasteiger partial charge in [-0.15, -0.1) is 0 Å². The smallest absolute Gasteiger partial charge is 0.123 e. The molecule has 0 fully saturated rings. The summed E-state index contributed by atoms with van der Waals surface area (Å²) < 4.78 is 12.8. The second-order valence-electron chi connectivity index (χ2n) is 4.07. The minimum absolute atomic E-state index is 0.105. The Morgan fingerprint density at radius 1 is 1.43 bits per heavy atom. The summed E-state index contributed by atoms with van der Waals surface area (Å²) in [5.41, 5.74) is 6.40. The van der Waals surface area contributed by atoms with E-state index in [1.54, 1.807) is 6.07 Å². The number of rotatable bonds is 4. The lowest BCUT2D eigenvalue weighted by Crippen LogP contribution is -2.45. The predicted octanol–water partition coefficient (Wildman–Crippen LogP) is 1.65. The number of benzene rings is 1. The van der Waals surface area contributed by atoms with Crippen molar-refractivity contribution >= 4 is 0 Å². The van der Waals surface area contributed by atoms with Crippen LogP contribution in [0.15, 0.2) is 24.3 Å². The van der Waals surface area contributed by atoms with Gasteiger partial charge in [0.25, 0.3) is 0 Å². The molecule has 0 aliphatic rings. The van der Waals surface area contributed by atoms with Crippen molar-refractivity contribution in [2.24, 2.45) is 5.73 Å². The van der Waals surface area contributed by atoms with Crippen LogP contribution in [0.4, 0.5) is 4.39 Å². The van der Waals surface area contributed by atoms with Crippen LogP contribution in [0.2, 0.25) is 0 Å². The van der Waals surface area contributed by atoms with Crippen LogP contribution >= 0.6 is 0 Å². The van der Waals surface area contributed by atoms with Gasteiger partial charge >= 0.3 is 0 Å². The highest BCUT2D eigenvalue weighted by atomic mass is 19.1. The molecule has 1 aromatic carbocycles. The summed E-state index contributed by atoms with van der Waals surface area (Å²) >= 11 is 0. The van der Waals surface area contributed by atoms with Gasteiger partial charge in [0.15, 0.2) is 0 Å². The van der Waals surface area contributed by atoms with Crippen molar-refractivity contribution in [1.29, 1.82) is 0 Å². The van der Waals surface area contributed by atoms with Crippen LogP contribution in [-0.4, -0.2) is 12.1 Å². The second kappa shape index (κ2) is 4.53. The van der Waals surface area contributed by atoms with E-state index in [0.717, 1.165) is 5.56 Å². The highest BCUT2D eigenvalue weighted by molar-refractivity contribution is 5.16. The summed E-state index contributed by atoms with van der Waals surface area (Å²) in [6, 6.07) is 6.57. The summed E-state index contributed by atoms with van der Waals surface area (Å²) in [5.74, 6) is -0.199. The highest BCUT2D eigenvalue weighted by Crippen LogP contribution is 2.06.